The second-order valence-electron chi connectivity index (χ2n) is 5.31. The van der Waals surface area contributed by atoms with Crippen molar-refractivity contribution in [3.63, 3.8) is 0 Å². The molecule has 0 aromatic heterocycles. The van der Waals surface area contributed by atoms with Crippen LogP contribution in [0.5, 0.6) is 0 Å². The van der Waals surface area contributed by atoms with Crippen LogP contribution in [0.15, 0.2) is 0 Å². The second-order valence-corrected chi connectivity index (χ2v) is 5.31. The summed E-state index contributed by atoms with van der Waals surface area (Å²) in [5.41, 5.74) is 0. The summed E-state index contributed by atoms with van der Waals surface area (Å²) in [4.78, 5) is 11.7. The van der Waals surface area contributed by atoms with E-state index in [0.29, 0.717) is 0 Å². The number of ether oxygens (including phenoxy) is 2. The molecule has 12 heteroatoms. The standard InChI is InChI=1S/C12H22O12/c13-1-3(15)5(16)7(18)9(20)11(22)24-12-10(21)8(19)6(17)4(2-14)23-12/h3-10,12-21H,1-2H2/t3-,4-,5-,6+,7+,8+,9+,10-,12?/m1/s1. The first-order valence-electron chi connectivity index (χ1n) is 6.99. The Morgan fingerprint density at radius 2 is 1.54 bits per heavy atom. The first-order chi connectivity index (χ1) is 11.1. The van der Waals surface area contributed by atoms with E-state index in [0.717, 1.165) is 0 Å². The molecule has 1 aliphatic heterocycles. The summed E-state index contributed by atoms with van der Waals surface area (Å²) in [6.07, 6.45) is -17.2. The summed E-state index contributed by atoms with van der Waals surface area (Å²) in [6.45, 7) is -1.72. The van der Waals surface area contributed by atoms with Crippen LogP contribution in [0.25, 0.3) is 0 Å². The molecule has 24 heavy (non-hydrogen) atoms. The molecule has 0 saturated carbocycles. The molecular formula is C12H22O12. The van der Waals surface area contributed by atoms with E-state index in [1.807, 2.05) is 0 Å². The Hall–Kier alpha value is -0.930. The van der Waals surface area contributed by atoms with Crippen LogP contribution in [-0.2, 0) is 14.3 Å². The number of carbonyl (C=O) groups excluding carboxylic acids is 1. The van der Waals surface area contributed by atoms with Crippen molar-refractivity contribution in [2.45, 2.75) is 55.1 Å². The highest BCUT2D eigenvalue weighted by Crippen LogP contribution is 2.22. The third kappa shape index (κ3) is 4.58. The average Bonchev–Trinajstić information content (AvgIpc) is 2.59. The maximum absolute atomic E-state index is 11.7. The van der Waals surface area contributed by atoms with Crippen LogP contribution in [0, 0.1) is 0 Å². The zero-order valence-electron chi connectivity index (χ0n) is 12.4. The highest BCUT2D eigenvalue weighted by Gasteiger charge is 2.46. The van der Waals surface area contributed by atoms with Crippen molar-refractivity contribution in [3.8, 4) is 0 Å². The Morgan fingerprint density at radius 1 is 0.958 bits per heavy atom. The Kier molecular flexibility index (Phi) is 7.88. The number of aliphatic hydroxyl groups excluding tert-OH is 9. The SMILES string of the molecule is O=C(OC1O[C@H](CO)[C@H](O)[C@H](O)[C@H]1O)[C@@H](O)[C@@H](O)[C@H](O)[C@H](O)CO. The molecule has 1 unspecified atom stereocenters. The van der Waals surface area contributed by atoms with Gasteiger partial charge in [-0.1, -0.05) is 0 Å². The van der Waals surface area contributed by atoms with Crippen LogP contribution < -0.4 is 0 Å². The first kappa shape index (κ1) is 21.1. The summed E-state index contributed by atoms with van der Waals surface area (Å²) >= 11 is 0. The molecule has 0 aromatic rings. The van der Waals surface area contributed by atoms with Gasteiger partial charge in [-0.2, -0.15) is 0 Å². The molecule has 9 atom stereocenters. The van der Waals surface area contributed by atoms with Gasteiger partial charge in [0.15, 0.2) is 6.10 Å². The van der Waals surface area contributed by atoms with Crippen LogP contribution in [0.4, 0.5) is 0 Å². The van der Waals surface area contributed by atoms with E-state index < -0.39 is 74.3 Å². The summed E-state index contributed by atoms with van der Waals surface area (Å²) in [6, 6.07) is 0. The molecule has 1 saturated heterocycles. The van der Waals surface area contributed by atoms with E-state index in [1.165, 1.54) is 0 Å². The molecule has 1 fully saturated rings. The molecule has 0 radical (unpaired) electrons. The van der Waals surface area contributed by atoms with Gasteiger partial charge in [0.25, 0.3) is 0 Å². The van der Waals surface area contributed by atoms with Crippen molar-refractivity contribution >= 4 is 5.97 Å². The number of aliphatic hydroxyl groups is 9. The Balaban J connectivity index is 2.71. The van der Waals surface area contributed by atoms with E-state index in [4.69, 9.17) is 20.1 Å². The third-order valence-corrected chi connectivity index (χ3v) is 3.58. The lowest BCUT2D eigenvalue weighted by molar-refractivity contribution is -0.295. The highest BCUT2D eigenvalue weighted by atomic mass is 16.7. The van der Waals surface area contributed by atoms with Gasteiger partial charge in [0.1, 0.15) is 42.7 Å². The Morgan fingerprint density at radius 3 is 2.04 bits per heavy atom. The molecule has 9 N–H and O–H groups in total. The highest BCUT2D eigenvalue weighted by molar-refractivity contribution is 5.75. The van der Waals surface area contributed by atoms with Gasteiger partial charge in [0.2, 0.25) is 6.29 Å². The fourth-order valence-electron chi connectivity index (χ4n) is 2.01. The van der Waals surface area contributed by atoms with Gasteiger partial charge in [-0.3, -0.25) is 0 Å². The van der Waals surface area contributed by atoms with Gasteiger partial charge in [-0.05, 0) is 0 Å². The lowest BCUT2D eigenvalue weighted by Crippen LogP contribution is -2.60. The molecule has 1 aliphatic rings. The normalized spacial score (nSPS) is 35.8. The molecule has 12 nitrogen and oxygen atoms in total. The maximum Gasteiger partial charge on any atom is 0.340 e. The Bertz CT molecular complexity index is 403. The van der Waals surface area contributed by atoms with E-state index >= 15 is 0 Å². The minimum Gasteiger partial charge on any atom is -0.431 e. The predicted octanol–water partition coefficient (Wildman–Crippen LogP) is -6.23. The zero-order valence-corrected chi connectivity index (χ0v) is 12.4. The lowest BCUT2D eigenvalue weighted by atomic mass is 9.99. The molecule has 1 rings (SSSR count). The molecule has 0 spiro atoms. The number of esters is 1. The van der Waals surface area contributed by atoms with Gasteiger partial charge in [0.05, 0.1) is 13.2 Å². The molecule has 0 aliphatic carbocycles. The molecule has 142 valence electrons. The van der Waals surface area contributed by atoms with Crippen LogP contribution >= 0.6 is 0 Å². The van der Waals surface area contributed by atoms with Crippen molar-refractivity contribution < 1.29 is 60.2 Å². The quantitative estimate of drug-likeness (QED) is 0.194. The van der Waals surface area contributed by atoms with E-state index in [2.05, 4.69) is 4.74 Å². The van der Waals surface area contributed by atoms with Gasteiger partial charge >= 0.3 is 5.97 Å². The first-order valence-corrected chi connectivity index (χ1v) is 6.99. The molecule has 0 aromatic carbocycles. The monoisotopic (exact) mass is 358 g/mol. The molecule has 0 bridgehead atoms. The van der Waals surface area contributed by atoms with Crippen LogP contribution in [0.2, 0.25) is 0 Å². The van der Waals surface area contributed by atoms with Crippen molar-refractivity contribution in [3.05, 3.63) is 0 Å². The summed E-state index contributed by atoms with van der Waals surface area (Å²) in [5.74, 6) is -1.59. The number of hydrogen-bond acceptors (Lipinski definition) is 12. The Labute approximate surface area is 135 Å². The van der Waals surface area contributed by atoms with Gasteiger partial charge in [-0.15, -0.1) is 0 Å². The van der Waals surface area contributed by atoms with E-state index in [9.17, 15) is 35.4 Å². The predicted molar refractivity (Wildman–Crippen MR) is 71.0 cm³/mol. The minimum atomic E-state index is -2.38. The molecule has 0 amide bonds. The summed E-state index contributed by atoms with van der Waals surface area (Å²) in [5, 5.41) is 84.0. The van der Waals surface area contributed by atoms with E-state index in [-0.39, 0.29) is 0 Å². The van der Waals surface area contributed by atoms with Gasteiger partial charge in [-0.25, -0.2) is 4.79 Å². The number of carbonyl (C=O) groups is 1. The smallest absolute Gasteiger partial charge is 0.340 e. The van der Waals surface area contributed by atoms with Gasteiger partial charge in [0, 0.05) is 0 Å². The third-order valence-electron chi connectivity index (χ3n) is 3.58. The van der Waals surface area contributed by atoms with Crippen LogP contribution in [-0.4, -0.2) is 120 Å². The zero-order chi connectivity index (χ0) is 18.6. The van der Waals surface area contributed by atoms with Crippen LogP contribution in [0.1, 0.15) is 0 Å². The van der Waals surface area contributed by atoms with Crippen molar-refractivity contribution in [2.24, 2.45) is 0 Å². The number of rotatable bonds is 7. The van der Waals surface area contributed by atoms with Crippen LogP contribution in [0.3, 0.4) is 0 Å². The maximum atomic E-state index is 11.7. The molecular weight excluding hydrogens is 336 g/mol. The van der Waals surface area contributed by atoms with Crippen molar-refractivity contribution in [1.29, 1.82) is 0 Å². The van der Waals surface area contributed by atoms with Crippen molar-refractivity contribution in [2.75, 3.05) is 13.2 Å². The molecule has 1 heterocycles. The summed E-state index contributed by atoms with van der Waals surface area (Å²) < 4.78 is 9.40. The van der Waals surface area contributed by atoms with E-state index in [1.54, 1.807) is 0 Å². The van der Waals surface area contributed by atoms with Gasteiger partial charge < -0.3 is 55.4 Å². The second kappa shape index (κ2) is 8.96. The topological polar surface area (TPSA) is 218 Å². The van der Waals surface area contributed by atoms with Crippen molar-refractivity contribution in [1.82, 2.24) is 0 Å². The summed E-state index contributed by atoms with van der Waals surface area (Å²) in [7, 11) is 0. The minimum absolute atomic E-state index is 0.772. The average molecular weight is 358 g/mol. The largest absolute Gasteiger partial charge is 0.431 e. The lowest BCUT2D eigenvalue weighted by Gasteiger charge is -2.39. The number of hydrogen-bond donors (Lipinski definition) is 9. The fraction of sp³-hybridized carbons (Fsp3) is 0.917. The fourth-order valence-corrected chi connectivity index (χ4v) is 2.01.